The molecule has 1 heterocycles. The lowest BCUT2D eigenvalue weighted by molar-refractivity contribution is 1.02. The summed E-state index contributed by atoms with van der Waals surface area (Å²) >= 11 is 10.9. The van der Waals surface area contributed by atoms with Gasteiger partial charge in [-0.1, -0.05) is 11.6 Å². The molecule has 0 unspecified atom stereocenters. The van der Waals surface area contributed by atoms with E-state index in [-0.39, 0.29) is 0 Å². The third kappa shape index (κ3) is 1.58. The van der Waals surface area contributed by atoms with Gasteiger partial charge in [0.2, 0.25) is 0 Å². The van der Waals surface area contributed by atoms with Crippen LogP contribution in [0.25, 0.3) is 5.69 Å². The maximum Gasteiger partial charge on any atom is 0.199 e. The lowest BCUT2D eigenvalue weighted by Crippen LogP contribution is -1.95. The van der Waals surface area contributed by atoms with Crippen molar-refractivity contribution in [1.29, 1.82) is 0 Å². The Morgan fingerprint density at radius 1 is 1.50 bits per heavy atom. The van der Waals surface area contributed by atoms with Gasteiger partial charge in [0, 0.05) is 5.02 Å². The minimum atomic E-state index is 0.579. The van der Waals surface area contributed by atoms with Crippen molar-refractivity contribution < 1.29 is 0 Å². The highest BCUT2D eigenvalue weighted by atomic mass is 35.5. The predicted molar refractivity (Wildman–Crippen MR) is 58.5 cm³/mol. The highest BCUT2D eigenvalue weighted by Crippen LogP contribution is 2.18. The minimum absolute atomic E-state index is 0.579. The molecule has 0 atom stereocenters. The zero-order valence-electron chi connectivity index (χ0n) is 7.49. The van der Waals surface area contributed by atoms with E-state index in [1.54, 1.807) is 10.9 Å². The van der Waals surface area contributed by atoms with Crippen molar-refractivity contribution in [2.75, 3.05) is 0 Å². The smallest absolute Gasteiger partial charge is 0.199 e. The molecule has 0 aliphatic rings. The van der Waals surface area contributed by atoms with E-state index >= 15 is 0 Å². The summed E-state index contributed by atoms with van der Waals surface area (Å²) in [6, 6.07) is 5.65. The summed E-state index contributed by atoms with van der Waals surface area (Å²) in [5, 5.41) is 7.29. The van der Waals surface area contributed by atoms with Crippen molar-refractivity contribution in [3.05, 3.63) is 39.9 Å². The van der Waals surface area contributed by atoms with Gasteiger partial charge in [0.25, 0.3) is 0 Å². The average molecular weight is 226 g/mol. The van der Waals surface area contributed by atoms with Crippen molar-refractivity contribution in [2.24, 2.45) is 0 Å². The van der Waals surface area contributed by atoms with Crippen LogP contribution in [0.5, 0.6) is 0 Å². The zero-order valence-corrected chi connectivity index (χ0v) is 9.06. The fourth-order valence-electron chi connectivity index (χ4n) is 1.31. The number of benzene rings is 1. The molecule has 0 aliphatic heterocycles. The Morgan fingerprint density at radius 2 is 2.29 bits per heavy atom. The van der Waals surface area contributed by atoms with Gasteiger partial charge in [0.05, 0.1) is 5.69 Å². The second kappa shape index (κ2) is 3.55. The molecule has 0 fully saturated rings. The number of hydrogen-bond acceptors (Lipinski definition) is 2. The second-order valence-corrected chi connectivity index (χ2v) is 3.79. The van der Waals surface area contributed by atoms with Crippen LogP contribution in [0, 0.1) is 11.7 Å². The SMILES string of the molecule is Cc1cc(Cl)ccc1-n1cn[nH]c1=S. The predicted octanol–water partition coefficient (Wildman–Crippen LogP) is 2.89. The first-order valence-electron chi connectivity index (χ1n) is 4.07. The van der Waals surface area contributed by atoms with Crippen LogP contribution in [0.15, 0.2) is 24.5 Å². The Morgan fingerprint density at radius 3 is 2.86 bits per heavy atom. The van der Waals surface area contributed by atoms with Gasteiger partial charge in [-0.15, -0.1) is 0 Å². The molecule has 0 radical (unpaired) electrons. The number of H-pyrrole nitrogens is 1. The summed E-state index contributed by atoms with van der Waals surface area (Å²) in [7, 11) is 0. The summed E-state index contributed by atoms with van der Waals surface area (Å²) in [6.07, 6.45) is 1.65. The molecule has 0 bridgehead atoms. The molecule has 0 aliphatic carbocycles. The molecule has 2 aromatic rings. The molecule has 2 rings (SSSR count). The fourth-order valence-corrected chi connectivity index (χ4v) is 1.73. The molecular weight excluding hydrogens is 218 g/mol. The molecule has 0 saturated heterocycles. The number of nitrogens with one attached hydrogen (secondary N) is 1. The Balaban J connectivity index is 2.63. The number of aryl methyl sites for hydroxylation is 1. The first-order valence-corrected chi connectivity index (χ1v) is 4.85. The molecule has 72 valence electrons. The second-order valence-electron chi connectivity index (χ2n) is 2.96. The third-order valence-corrected chi connectivity index (χ3v) is 2.49. The van der Waals surface area contributed by atoms with Crippen LogP contribution in [0.1, 0.15) is 5.56 Å². The molecule has 1 aromatic carbocycles. The number of halogens is 1. The minimum Gasteiger partial charge on any atom is -0.274 e. The van der Waals surface area contributed by atoms with Crippen LogP contribution in [0.4, 0.5) is 0 Å². The van der Waals surface area contributed by atoms with Crippen LogP contribution in [-0.4, -0.2) is 14.8 Å². The molecule has 3 nitrogen and oxygen atoms in total. The van der Waals surface area contributed by atoms with Gasteiger partial charge in [0.15, 0.2) is 4.77 Å². The van der Waals surface area contributed by atoms with E-state index in [0.29, 0.717) is 4.77 Å². The van der Waals surface area contributed by atoms with E-state index in [4.69, 9.17) is 23.8 Å². The van der Waals surface area contributed by atoms with E-state index in [9.17, 15) is 0 Å². The average Bonchev–Trinajstić information content (AvgIpc) is 2.52. The van der Waals surface area contributed by atoms with E-state index in [1.807, 2.05) is 25.1 Å². The van der Waals surface area contributed by atoms with Crippen molar-refractivity contribution in [3.8, 4) is 5.69 Å². The Kier molecular flexibility index (Phi) is 2.39. The van der Waals surface area contributed by atoms with Crippen molar-refractivity contribution in [3.63, 3.8) is 0 Å². The van der Waals surface area contributed by atoms with Crippen LogP contribution in [-0.2, 0) is 0 Å². The lowest BCUT2D eigenvalue weighted by atomic mass is 10.2. The van der Waals surface area contributed by atoms with Gasteiger partial charge in [-0.2, -0.15) is 5.10 Å². The van der Waals surface area contributed by atoms with E-state index in [2.05, 4.69) is 10.2 Å². The topological polar surface area (TPSA) is 33.6 Å². The van der Waals surface area contributed by atoms with Gasteiger partial charge in [-0.3, -0.25) is 9.67 Å². The highest BCUT2D eigenvalue weighted by molar-refractivity contribution is 7.71. The number of aromatic nitrogens is 3. The first kappa shape index (κ1) is 9.43. The summed E-state index contributed by atoms with van der Waals surface area (Å²) in [6.45, 7) is 1.98. The number of rotatable bonds is 1. The highest BCUT2D eigenvalue weighted by Gasteiger charge is 2.02. The molecule has 1 aromatic heterocycles. The molecule has 5 heteroatoms. The fraction of sp³-hybridized carbons (Fsp3) is 0.111. The van der Waals surface area contributed by atoms with Crippen molar-refractivity contribution >= 4 is 23.8 Å². The standard InChI is InChI=1S/C9H8ClN3S/c1-6-4-7(10)2-3-8(6)13-5-11-12-9(13)14/h2-5H,1H3,(H,12,14). The van der Waals surface area contributed by atoms with Crippen LogP contribution in [0.3, 0.4) is 0 Å². The maximum atomic E-state index is 5.86. The molecule has 0 amide bonds. The Hall–Kier alpha value is -1.13. The van der Waals surface area contributed by atoms with E-state index < -0.39 is 0 Å². The Bertz CT molecular complexity index is 515. The number of nitrogens with zero attached hydrogens (tertiary/aromatic N) is 2. The number of hydrogen-bond donors (Lipinski definition) is 1. The zero-order chi connectivity index (χ0) is 10.1. The molecule has 14 heavy (non-hydrogen) atoms. The van der Waals surface area contributed by atoms with E-state index in [0.717, 1.165) is 16.3 Å². The van der Waals surface area contributed by atoms with Gasteiger partial charge in [-0.25, -0.2) is 0 Å². The van der Waals surface area contributed by atoms with Crippen LogP contribution < -0.4 is 0 Å². The van der Waals surface area contributed by atoms with Gasteiger partial charge in [0.1, 0.15) is 6.33 Å². The van der Waals surface area contributed by atoms with Gasteiger partial charge >= 0.3 is 0 Å². The Labute approximate surface area is 91.3 Å². The number of aromatic amines is 1. The molecule has 0 saturated carbocycles. The molecular formula is C9H8ClN3S. The summed E-state index contributed by atoms with van der Waals surface area (Å²) < 4.78 is 2.39. The van der Waals surface area contributed by atoms with Crippen LogP contribution in [0.2, 0.25) is 5.02 Å². The van der Waals surface area contributed by atoms with Crippen molar-refractivity contribution in [1.82, 2.24) is 14.8 Å². The normalized spacial score (nSPS) is 10.4. The van der Waals surface area contributed by atoms with Gasteiger partial charge in [-0.05, 0) is 42.9 Å². The first-order chi connectivity index (χ1) is 6.68. The van der Waals surface area contributed by atoms with E-state index in [1.165, 1.54) is 0 Å². The summed E-state index contributed by atoms with van der Waals surface area (Å²) in [4.78, 5) is 0. The van der Waals surface area contributed by atoms with Gasteiger partial charge < -0.3 is 0 Å². The summed E-state index contributed by atoms with van der Waals surface area (Å²) in [5.41, 5.74) is 2.06. The van der Waals surface area contributed by atoms with Crippen LogP contribution >= 0.6 is 23.8 Å². The molecule has 0 spiro atoms. The quantitative estimate of drug-likeness (QED) is 0.758. The molecule has 1 N–H and O–H groups in total. The monoisotopic (exact) mass is 225 g/mol. The largest absolute Gasteiger partial charge is 0.274 e. The maximum absolute atomic E-state index is 5.86. The third-order valence-electron chi connectivity index (χ3n) is 1.97. The summed E-state index contributed by atoms with van der Waals surface area (Å²) in [5.74, 6) is 0. The lowest BCUT2D eigenvalue weighted by Gasteiger charge is -2.05. The van der Waals surface area contributed by atoms with Crippen molar-refractivity contribution in [2.45, 2.75) is 6.92 Å².